The Morgan fingerprint density at radius 3 is 2.52 bits per heavy atom. The van der Waals surface area contributed by atoms with Crippen LogP contribution in [-0.4, -0.2) is 35.8 Å². The van der Waals surface area contributed by atoms with Crippen molar-refractivity contribution < 1.29 is 4.79 Å². The standard InChI is InChI=1S/C18H23N7OS/c1-11(2)25-15(9-10-20-25)21-17(26)13(4)27-18-23-22-16(24(18)19)14-7-5-12(3)6-8-14/h5-11,13H,19H2,1-4H3,(H,21,26). The molecule has 0 bridgehead atoms. The first-order chi connectivity index (χ1) is 12.9. The highest BCUT2D eigenvalue weighted by Gasteiger charge is 2.21. The number of rotatable bonds is 6. The third kappa shape index (κ3) is 4.13. The number of aryl methyl sites for hydroxylation is 1. The van der Waals surface area contributed by atoms with Gasteiger partial charge in [0.25, 0.3) is 0 Å². The maximum Gasteiger partial charge on any atom is 0.238 e. The van der Waals surface area contributed by atoms with E-state index in [4.69, 9.17) is 5.84 Å². The highest BCUT2D eigenvalue weighted by molar-refractivity contribution is 8.00. The van der Waals surface area contributed by atoms with Gasteiger partial charge in [-0.15, -0.1) is 10.2 Å². The van der Waals surface area contributed by atoms with E-state index < -0.39 is 5.25 Å². The SMILES string of the molecule is Cc1ccc(-c2nnc(SC(C)C(=O)Nc3ccnn3C(C)C)n2N)cc1. The van der Waals surface area contributed by atoms with Crippen LogP contribution in [-0.2, 0) is 4.79 Å². The molecule has 2 aromatic heterocycles. The fraction of sp³-hybridized carbons (Fsp3) is 0.333. The first-order valence-electron chi connectivity index (χ1n) is 8.65. The zero-order chi connectivity index (χ0) is 19.6. The number of thioether (sulfide) groups is 1. The van der Waals surface area contributed by atoms with E-state index in [1.165, 1.54) is 16.4 Å². The molecule has 0 fully saturated rings. The third-order valence-electron chi connectivity index (χ3n) is 4.04. The van der Waals surface area contributed by atoms with Crippen molar-refractivity contribution in [3.8, 4) is 11.4 Å². The molecule has 3 rings (SSSR count). The second-order valence-electron chi connectivity index (χ2n) is 6.55. The predicted molar refractivity (Wildman–Crippen MR) is 107 cm³/mol. The Kier molecular flexibility index (Phi) is 5.50. The summed E-state index contributed by atoms with van der Waals surface area (Å²) in [4.78, 5) is 12.5. The quantitative estimate of drug-likeness (QED) is 0.499. The number of carbonyl (C=O) groups is 1. The summed E-state index contributed by atoms with van der Waals surface area (Å²) in [5, 5.41) is 15.5. The molecular formula is C18H23N7OS. The highest BCUT2D eigenvalue weighted by atomic mass is 32.2. The van der Waals surface area contributed by atoms with Crippen molar-refractivity contribution in [2.45, 2.75) is 44.1 Å². The minimum atomic E-state index is -0.405. The van der Waals surface area contributed by atoms with E-state index in [0.29, 0.717) is 16.8 Å². The summed E-state index contributed by atoms with van der Waals surface area (Å²) in [6.45, 7) is 7.83. The lowest BCUT2D eigenvalue weighted by molar-refractivity contribution is -0.115. The Bertz CT molecular complexity index is 930. The van der Waals surface area contributed by atoms with Crippen LogP contribution in [0.5, 0.6) is 0 Å². The topological polar surface area (TPSA) is 104 Å². The molecular weight excluding hydrogens is 362 g/mol. The second-order valence-corrected chi connectivity index (χ2v) is 7.85. The van der Waals surface area contributed by atoms with Crippen LogP contribution in [0.3, 0.4) is 0 Å². The fourth-order valence-electron chi connectivity index (χ4n) is 2.52. The molecule has 0 saturated carbocycles. The molecule has 3 aromatic rings. The fourth-order valence-corrected chi connectivity index (χ4v) is 3.29. The molecule has 9 heteroatoms. The minimum absolute atomic E-state index is 0.151. The zero-order valence-corrected chi connectivity index (χ0v) is 16.6. The van der Waals surface area contributed by atoms with Crippen LogP contribution >= 0.6 is 11.8 Å². The number of carbonyl (C=O) groups excluding carboxylic acids is 1. The average molecular weight is 385 g/mol. The van der Waals surface area contributed by atoms with Crippen molar-refractivity contribution in [1.82, 2.24) is 24.7 Å². The molecule has 0 spiro atoms. The van der Waals surface area contributed by atoms with Gasteiger partial charge in [-0.25, -0.2) is 9.36 Å². The molecule has 1 unspecified atom stereocenters. The highest BCUT2D eigenvalue weighted by Crippen LogP contribution is 2.26. The number of hydrogen-bond acceptors (Lipinski definition) is 6. The number of aromatic nitrogens is 5. The van der Waals surface area contributed by atoms with E-state index in [9.17, 15) is 4.79 Å². The van der Waals surface area contributed by atoms with Gasteiger partial charge < -0.3 is 11.2 Å². The predicted octanol–water partition coefficient (Wildman–Crippen LogP) is 2.86. The molecule has 0 aliphatic rings. The van der Waals surface area contributed by atoms with Crippen LogP contribution in [0.1, 0.15) is 32.4 Å². The molecule has 1 aromatic carbocycles. The monoisotopic (exact) mass is 385 g/mol. The summed E-state index contributed by atoms with van der Waals surface area (Å²) in [6.07, 6.45) is 1.66. The normalized spacial score (nSPS) is 12.3. The zero-order valence-electron chi connectivity index (χ0n) is 15.7. The number of benzene rings is 1. The third-order valence-corrected chi connectivity index (χ3v) is 5.09. The van der Waals surface area contributed by atoms with Crippen LogP contribution in [0.15, 0.2) is 41.7 Å². The van der Waals surface area contributed by atoms with Crippen molar-refractivity contribution >= 4 is 23.5 Å². The number of nitrogens with zero attached hydrogens (tertiary/aromatic N) is 5. The van der Waals surface area contributed by atoms with Gasteiger partial charge in [-0.1, -0.05) is 41.6 Å². The van der Waals surface area contributed by atoms with Gasteiger partial charge in [0.2, 0.25) is 11.1 Å². The maximum absolute atomic E-state index is 12.5. The number of amides is 1. The summed E-state index contributed by atoms with van der Waals surface area (Å²) in [6, 6.07) is 9.80. The molecule has 142 valence electrons. The largest absolute Gasteiger partial charge is 0.335 e. The number of anilines is 1. The van der Waals surface area contributed by atoms with Crippen molar-refractivity contribution in [3.63, 3.8) is 0 Å². The number of nitrogen functional groups attached to an aromatic ring is 1. The summed E-state index contributed by atoms with van der Waals surface area (Å²) < 4.78 is 3.17. The van der Waals surface area contributed by atoms with E-state index in [2.05, 4.69) is 20.6 Å². The Morgan fingerprint density at radius 2 is 1.85 bits per heavy atom. The molecule has 27 heavy (non-hydrogen) atoms. The van der Waals surface area contributed by atoms with E-state index in [0.717, 1.165) is 11.1 Å². The Morgan fingerprint density at radius 1 is 1.15 bits per heavy atom. The number of nitrogens with one attached hydrogen (secondary N) is 1. The Hall–Kier alpha value is -2.81. The molecule has 0 radical (unpaired) electrons. The van der Waals surface area contributed by atoms with Gasteiger partial charge in [0.1, 0.15) is 5.82 Å². The van der Waals surface area contributed by atoms with E-state index in [-0.39, 0.29) is 11.9 Å². The lowest BCUT2D eigenvalue weighted by Crippen LogP contribution is -2.25. The molecule has 8 nitrogen and oxygen atoms in total. The van der Waals surface area contributed by atoms with Gasteiger partial charge in [0.15, 0.2) is 5.82 Å². The van der Waals surface area contributed by atoms with Crippen LogP contribution < -0.4 is 11.2 Å². The van der Waals surface area contributed by atoms with E-state index in [1.807, 2.05) is 45.0 Å². The summed E-state index contributed by atoms with van der Waals surface area (Å²) in [5.74, 6) is 7.22. The van der Waals surface area contributed by atoms with Crippen LogP contribution in [0, 0.1) is 6.92 Å². The van der Waals surface area contributed by atoms with Crippen LogP contribution in [0.4, 0.5) is 5.82 Å². The molecule has 3 N–H and O–H groups in total. The van der Waals surface area contributed by atoms with Crippen molar-refractivity contribution in [2.24, 2.45) is 0 Å². The molecule has 2 heterocycles. The molecule has 0 aliphatic carbocycles. The van der Waals surface area contributed by atoms with Crippen molar-refractivity contribution in [1.29, 1.82) is 0 Å². The van der Waals surface area contributed by atoms with Gasteiger partial charge in [0, 0.05) is 17.7 Å². The number of nitrogens with two attached hydrogens (primary N) is 1. The lowest BCUT2D eigenvalue weighted by Gasteiger charge is -2.14. The maximum atomic E-state index is 12.5. The van der Waals surface area contributed by atoms with E-state index >= 15 is 0 Å². The molecule has 0 saturated heterocycles. The summed E-state index contributed by atoms with van der Waals surface area (Å²) >= 11 is 1.26. The average Bonchev–Trinajstić information content (AvgIpc) is 3.23. The van der Waals surface area contributed by atoms with Crippen molar-refractivity contribution in [3.05, 3.63) is 42.1 Å². The Labute approximate surface area is 162 Å². The Balaban J connectivity index is 1.70. The molecule has 1 amide bonds. The second kappa shape index (κ2) is 7.83. The van der Waals surface area contributed by atoms with E-state index in [1.54, 1.807) is 23.9 Å². The molecule has 0 aliphatic heterocycles. The lowest BCUT2D eigenvalue weighted by atomic mass is 10.1. The van der Waals surface area contributed by atoms with Gasteiger partial charge >= 0.3 is 0 Å². The molecule has 1 atom stereocenters. The summed E-state index contributed by atoms with van der Waals surface area (Å²) in [7, 11) is 0. The van der Waals surface area contributed by atoms with Gasteiger partial charge in [0.05, 0.1) is 11.4 Å². The minimum Gasteiger partial charge on any atom is -0.335 e. The summed E-state index contributed by atoms with van der Waals surface area (Å²) in [5.41, 5.74) is 2.03. The van der Waals surface area contributed by atoms with Crippen molar-refractivity contribution in [2.75, 3.05) is 11.2 Å². The van der Waals surface area contributed by atoms with Crippen LogP contribution in [0.25, 0.3) is 11.4 Å². The first-order valence-corrected chi connectivity index (χ1v) is 9.53. The first kappa shape index (κ1) is 19.0. The van der Waals surface area contributed by atoms with Gasteiger partial charge in [-0.2, -0.15) is 5.10 Å². The van der Waals surface area contributed by atoms with Gasteiger partial charge in [-0.05, 0) is 27.7 Å². The van der Waals surface area contributed by atoms with Gasteiger partial charge in [-0.3, -0.25) is 4.79 Å². The smallest absolute Gasteiger partial charge is 0.238 e. The van der Waals surface area contributed by atoms with Crippen LogP contribution in [0.2, 0.25) is 0 Å². The number of hydrogen-bond donors (Lipinski definition) is 2.